The lowest BCUT2D eigenvalue weighted by molar-refractivity contribution is -0.148. The van der Waals surface area contributed by atoms with Crippen molar-refractivity contribution in [3.63, 3.8) is 0 Å². The molecule has 1 aliphatic rings. The van der Waals surface area contributed by atoms with E-state index in [9.17, 15) is 4.79 Å². The highest BCUT2D eigenvalue weighted by Gasteiger charge is 2.32. The minimum atomic E-state index is -0.553. The van der Waals surface area contributed by atoms with E-state index in [2.05, 4.69) is 17.3 Å². The Bertz CT molecular complexity index is 277. The molecule has 1 aliphatic carbocycles. The Hall–Kier alpha value is -0.610. The first-order valence-corrected chi connectivity index (χ1v) is 7.51. The van der Waals surface area contributed by atoms with Crippen LogP contribution in [-0.2, 0) is 9.53 Å². The zero-order chi connectivity index (χ0) is 14.3. The van der Waals surface area contributed by atoms with Gasteiger partial charge in [0.2, 0.25) is 0 Å². The number of hydrogen-bond acceptors (Lipinski definition) is 4. The van der Waals surface area contributed by atoms with E-state index in [1.807, 2.05) is 14.0 Å². The molecule has 0 spiro atoms. The van der Waals surface area contributed by atoms with Crippen LogP contribution >= 0.6 is 0 Å². The highest BCUT2D eigenvalue weighted by atomic mass is 16.5. The lowest BCUT2D eigenvalue weighted by Gasteiger charge is -2.32. The van der Waals surface area contributed by atoms with Gasteiger partial charge in [-0.25, -0.2) is 0 Å². The first-order valence-electron chi connectivity index (χ1n) is 7.51. The Morgan fingerprint density at radius 2 is 2.00 bits per heavy atom. The molecule has 1 atom stereocenters. The molecular weight excluding hydrogens is 240 g/mol. The van der Waals surface area contributed by atoms with Crippen molar-refractivity contribution in [2.45, 2.75) is 63.5 Å². The van der Waals surface area contributed by atoms with Crippen molar-refractivity contribution < 1.29 is 9.53 Å². The number of likely N-dealkylation sites (N-methyl/N-ethyl adjacent to an activating group) is 1. The van der Waals surface area contributed by atoms with E-state index in [1.54, 1.807) is 0 Å². The molecule has 1 fully saturated rings. The summed E-state index contributed by atoms with van der Waals surface area (Å²) in [5.74, 6) is -0.171. The second-order valence-corrected chi connectivity index (χ2v) is 5.95. The van der Waals surface area contributed by atoms with Crippen LogP contribution in [0.1, 0.15) is 51.9 Å². The van der Waals surface area contributed by atoms with Gasteiger partial charge >= 0.3 is 5.97 Å². The highest BCUT2D eigenvalue weighted by Crippen LogP contribution is 2.22. The Morgan fingerprint density at radius 1 is 1.37 bits per heavy atom. The van der Waals surface area contributed by atoms with Crippen LogP contribution in [0.5, 0.6) is 0 Å². The van der Waals surface area contributed by atoms with Gasteiger partial charge in [-0.1, -0.05) is 19.3 Å². The smallest absolute Gasteiger partial charge is 0.325 e. The van der Waals surface area contributed by atoms with Gasteiger partial charge in [0, 0.05) is 6.04 Å². The first kappa shape index (κ1) is 16.4. The van der Waals surface area contributed by atoms with Gasteiger partial charge in [-0.05, 0) is 53.2 Å². The molecule has 1 unspecified atom stereocenters. The molecule has 0 bridgehead atoms. The fraction of sp³-hybridized carbons (Fsp3) is 0.933. The molecule has 1 rings (SSSR count). The van der Waals surface area contributed by atoms with E-state index in [0.717, 1.165) is 25.4 Å². The molecule has 0 aliphatic heterocycles. The SMILES string of the molecule is CNC(C)(CCCN(C)C1CCCCC1)C(=O)OC. The van der Waals surface area contributed by atoms with E-state index in [1.165, 1.54) is 39.2 Å². The molecule has 0 saturated heterocycles. The van der Waals surface area contributed by atoms with E-state index >= 15 is 0 Å². The number of methoxy groups -OCH3 is 1. The third-order valence-corrected chi connectivity index (χ3v) is 4.57. The van der Waals surface area contributed by atoms with Gasteiger partial charge < -0.3 is 15.0 Å². The van der Waals surface area contributed by atoms with Crippen molar-refractivity contribution in [3.05, 3.63) is 0 Å². The number of hydrogen-bond donors (Lipinski definition) is 1. The van der Waals surface area contributed by atoms with Crippen LogP contribution in [0.4, 0.5) is 0 Å². The van der Waals surface area contributed by atoms with Gasteiger partial charge in [0.15, 0.2) is 0 Å². The number of esters is 1. The number of nitrogens with zero attached hydrogens (tertiary/aromatic N) is 1. The summed E-state index contributed by atoms with van der Waals surface area (Å²) in [6.07, 6.45) is 8.61. The number of ether oxygens (including phenoxy) is 1. The number of rotatable bonds is 7. The topological polar surface area (TPSA) is 41.6 Å². The quantitative estimate of drug-likeness (QED) is 0.720. The number of carbonyl (C=O) groups excluding carboxylic acids is 1. The number of nitrogens with one attached hydrogen (secondary N) is 1. The maximum absolute atomic E-state index is 11.7. The summed E-state index contributed by atoms with van der Waals surface area (Å²) in [6.45, 7) is 2.97. The maximum Gasteiger partial charge on any atom is 0.325 e. The van der Waals surface area contributed by atoms with Gasteiger partial charge in [-0.3, -0.25) is 4.79 Å². The average Bonchev–Trinajstić information content (AvgIpc) is 2.46. The zero-order valence-electron chi connectivity index (χ0n) is 13.0. The van der Waals surface area contributed by atoms with Crippen molar-refractivity contribution in [1.82, 2.24) is 10.2 Å². The predicted octanol–water partition coefficient (Wildman–Crippen LogP) is 2.18. The largest absolute Gasteiger partial charge is 0.468 e. The Morgan fingerprint density at radius 3 is 2.53 bits per heavy atom. The fourth-order valence-corrected chi connectivity index (χ4v) is 2.94. The molecule has 19 heavy (non-hydrogen) atoms. The predicted molar refractivity (Wildman–Crippen MR) is 78.2 cm³/mol. The summed E-state index contributed by atoms with van der Waals surface area (Å²) in [7, 11) is 5.48. The van der Waals surface area contributed by atoms with Crippen molar-refractivity contribution >= 4 is 5.97 Å². The van der Waals surface area contributed by atoms with E-state index < -0.39 is 5.54 Å². The Labute approximate surface area is 117 Å². The lowest BCUT2D eigenvalue weighted by Crippen LogP contribution is -2.48. The Balaban J connectivity index is 2.33. The molecule has 4 nitrogen and oxygen atoms in total. The molecule has 4 heteroatoms. The summed E-state index contributed by atoms with van der Waals surface area (Å²) >= 11 is 0. The summed E-state index contributed by atoms with van der Waals surface area (Å²) < 4.78 is 4.87. The summed E-state index contributed by atoms with van der Waals surface area (Å²) in [5.41, 5.74) is -0.553. The molecule has 0 heterocycles. The summed E-state index contributed by atoms with van der Waals surface area (Å²) in [5, 5.41) is 3.09. The molecule has 0 aromatic heterocycles. The second-order valence-electron chi connectivity index (χ2n) is 5.95. The first-order chi connectivity index (χ1) is 9.03. The monoisotopic (exact) mass is 270 g/mol. The molecule has 1 saturated carbocycles. The van der Waals surface area contributed by atoms with Crippen LogP contribution < -0.4 is 5.32 Å². The van der Waals surface area contributed by atoms with E-state index in [4.69, 9.17) is 4.74 Å². The molecule has 0 aromatic carbocycles. The van der Waals surface area contributed by atoms with Crippen LogP contribution in [0.2, 0.25) is 0 Å². The van der Waals surface area contributed by atoms with Gasteiger partial charge in [-0.2, -0.15) is 0 Å². The van der Waals surface area contributed by atoms with Gasteiger partial charge in [0.1, 0.15) is 5.54 Å². The minimum absolute atomic E-state index is 0.171. The van der Waals surface area contributed by atoms with Crippen molar-refractivity contribution in [2.24, 2.45) is 0 Å². The molecule has 0 aromatic rings. The summed E-state index contributed by atoms with van der Waals surface area (Å²) in [6, 6.07) is 0.743. The van der Waals surface area contributed by atoms with Crippen molar-refractivity contribution in [2.75, 3.05) is 27.7 Å². The minimum Gasteiger partial charge on any atom is -0.468 e. The van der Waals surface area contributed by atoms with Crippen LogP contribution in [0.3, 0.4) is 0 Å². The zero-order valence-corrected chi connectivity index (χ0v) is 13.0. The molecule has 1 N–H and O–H groups in total. The van der Waals surface area contributed by atoms with E-state index in [0.29, 0.717) is 0 Å². The van der Waals surface area contributed by atoms with Crippen LogP contribution in [0.25, 0.3) is 0 Å². The normalized spacial score (nSPS) is 20.3. The van der Waals surface area contributed by atoms with Crippen molar-refractivity contribution in [1.29, 1.82) is 0 Å². The van der Waals surface area contributed by atoms with Gasteiger partial charge in [-0.15, -0.1) is 0 Å². The molecule has 112 valence electrons. The van der Waals surface area contributed by atoms with Crippen LogP contribution in [-0.4, -0.2) is 50.2 Å². The van der Waals surface area contributed by atoms with Crippen molar-refractivity contribution in [3.8, 4) is 0 Å². The van der Waals surface area contributed by atoms with E-state index in [-0.39, 0.29) is 5.97 Å². The summed E-state index contributed by atoms with van der Waals surface area (Å²) in [4.78, 5) is 14.2. The molecular formula is C15H30N2O2. The van der Waals surface area contributed by atoms with Gasteiger partial charge in [0.25, 0.3) is 0 Å². The third-order valence-electron chi connectivity index (χ3n) is 4.57. The van der Waals surface area contributed by atoms with Crippen LogP contribution in [0.15, 0.2) is 0 Å². The van der Waals surface area contributed by atoms with Gasteiger partial charge in [0.05, 0.1) is 7.11 Å². The Kier molecular flexibility index (Phi) is 6.80. The maximum atomic E-state index is 11.7. The highest BCUT2D eigenvalue weighted by molar-refractivity contribution is 5.80. The van der Waals surface area contributed by atoms with Crippen LogP contribution in [0, 0.1) is 0 Å². The number of carbonyl (C=O) groups is 1. The standard InChI is InChI=1S/C15H30N2O2/c1-15(16-2,14(18)19-4)11-8-12-17(3)13-9-6-5-7-10-13/h13,16H,5-12H2,1-4H3. The lowest BCUT2D eigenvalue weighted by atomic mass is 9.93. The molecule has 0 amide bonds. The third kappa shape index (κ3) is 4.77. The second kappa shape index (κ2) is 7.85. The average molecular weight is 270 g/mol. The molecule has 0 radical (unpaired) electrons. The fourth-order valence-electron chi connectivity index (χ4n) is 2.94.